The summed E-state index contributed by atoms with van der Waals surface area (Å²) in [7, 11) is -2.37. The van der Waals surface area contributed by atoms with Crippen molar-refractivity contribution in [2.45, 2.75) is 26.1 Å². The molecule has 6 nitrogen and oxygen atoms in total. The molecule has 0 aromatic carbocycles. The lowest BCUT2D eigenvalue weighted by atomic mass is 10.2. The van der Waals surface area contributed by atoms with Crippen molar-refractivity contribution in [3.8, 4) is 0 Å². The molecule has 0 amide bonds. The smallest absolute Gasteiger partial charge is 0.339 e. The number of esters is 1. The maximum absolute atomic E-state index is 11.3. The number of hydrogen-bond donors (Lipinski definition) is 0. The van der Waals surface area contributed by atoms with E-state index < -0.39 is 28.3 Å². The molecule has 0 fully saturated rings. The highest BCUT2D eigenvalue weighted by Gasteiger charge is 2.31. The summed E-state index contributed by atoms with van der Waals surface area (Å²) in [6, 6.07) is 0. The highest BCUT2D eigenvalue weighted by molar-refractivity contribution is 7.86. The Bertz CT molecular complexity index is 296. The molecule has 0 aromatic rings. The van der Waals surface area contributed by atoms with Crippen molar-refractivity contribution in [1.82, 2.24) is 0 Å². The Hall–Kier alpha value is -0.660. The van der Waals surface area contributed by atoms with Crippen LogP contribution >= 0.6 is 0 Å². The van der Waals surface area contributed by atoms with E-state index in [0.29, 0.717) is 0 Å². The first-order valence-electron chi connectivity index (χ1n) is 4.39. The number of methoxy groups -OCH3 is 1. The van der Waals surface area contributed by atoms with Gasteiger partial charge in [0.1, 0.15) is 0 Å². The van der Waals surface area contributed by atoms with E-state index in [1.54, 1.807) is 6.92 Å². The predicted octanol–water partition coefficient (Wildman–Crippen LogP) is -0.0708. The maximum atomic E-state index is 11.3. The van der Waals surface area contributed by atoms with Crippen LogP contribution in [-0.2, 0) is 28.6 Å². The Kier molecular flexibility index (Phi) is 5.77. The van der Waals surface area contributed by atoms with E-state index in [1.165, 1.54) is 14.0 Å². The summed E-state index contributed by atoms with van der Waals surface area (Å²) in [5, 5.41) is 0. The normalized spacial score (nSPS) is 15.7. The predicted molar refractivity (Wildman–Crippen MR) is 52.8 cm³/mol. The van der Waals surface area contributed by atoms with Gasteiger partial charge in [-0.1, -0.05) is 0 Å². The molecule has 0 aliphatic rings. The second-order valence-corrected chi connectivity index (χ2v) is 4.51. The second kappa shape index (κ2) is 6.04. The van der Waals surface area contributed by atoms with Gasteiger partial charge in [-0.3, -0.25) is 4.18 Å². The van der Waals surface area contributed by atoms with Gasteiger partial charge in [-0.05, 0) is 13.8 Å². The number of carbonyl (C=O) groups is 1. The van der Waals surface area contributed by atoms with Crippen molar-refractivity contribution in [1.29, 1.82) is 0 Å². The van der Waals surface area contributed by atoms with E-state index >= 15 is 0 Å². The Morgan fingerprint density at radius 3 is 2.27 bits per heavy atom. The molecule has 0 saturated carbocycles. The van der Waals surface area contributed by atoms with E-state index in [2.05, 4.69) is 8.92 Å². The van der Waals surface area contributed by atoms with E-state index in [1.807, 2.05) is 0 Å². The van der Waals surface area contributed by atoms with Crippen molar-refractivity contribution in [3.63, 3.8) is 0 Å². The highest BCUT2D eigenvalue weighted by Crippen LogP contribution is 2.08. The van der Waals surface area contributed by atoms with Gasteiger partial charge in [0.15, 0.2) is 6.10 Å². The molecule has 7 heteroatoms. The van der Waals surface area contributed by atoms with E-state index in [0.717, 1.165) is 6.26 Å². The first kappa shape index (κ1) is 14.3. The standard InChI is InChI=1S/C8H16O6S/c1-5-13-8(9)7(6(2)12-3)14-15(4,10)11/h6-7H,5H2,1-4H3. The molecule has 2 atom stereocenters. The van der Waals surface area contributed by atoms with Gasteiger partial charge in [0, 0.05) is 7.11 Å². The van der Waals surface area contributed by atoms with Crippen LogP contribution in [0.15, 0.2) is 0 Å². The monoisotopic (exact) mass is 240 g/mol. The molecule has 0 N–H and O–H groups in total. The average Bonchev–Trinajstić information content (AvgIpc) is 2.12. The zero-order valence-corrected chi connectivity index (χ0v) is 10.0. The molecule has 2 unspecified atom stereocenters. The van der Waals surface area contributed by atoms with Crippen LogP contribution in [0.5, 0.6) is 0 Å². The summed E-state index contributed by atoms with van der Waals surface area (Å²) >= 11 is 0. The van der Waals surface area contributed by atoms with Crippen LogP contribution in [0.3, 0.4) is 0 Å². The molecule has 0 saturated heterocycles. The van der Waals surface area contributed by atoms with Gasteiger partial charge < -0.3 is 9.47 Å². The van der Waals surface area contributed by atoms with E-state index in [4.69, 9.17) is 4.74 Å². The van der Waals surface area contributed by atoms with Crippen LogP contribution in [0.1, 0.15) is 13.8 Å². The summed E-state index contributed by atoms with van der Waals surface area (Å²) in [4.78, 5) is 11.3. The van der Waals surface area contributed by atoms with Crippen molar-refractivity contribution < 1.29 is 26.9 Å². The molecule has 0 rings (SSSR count). The fourth-order valence-corrected chi connectivity index (χ4v) is 1.46. The summed E-state index contributed by atoms with van der Waals surface area (Å²) in [5.41, 5.74) is 0. The van der Waals surface area contributed by atoms with Crippen LogP contribution < -0.4 is 0 Å². The van der Waals surface area contributed by atoms with Gasteiger partial charge >= 0.3 is 5.97 Å². The van der Waals surface area contributed by atoms with Gasteiger partial charge in [0.2, 0.25) is 0 Å². The second-order valence-electron chi connectivity index (χ2n) is 2.91. The van der Waals surface area contributed by atoms with Crippen molar-refractivity contribution in [2.75, 3.05) is 20.0 Å². The van der Waals surface area contributed by atoms with Crippen LogP contribution in [0.4, 0.5) is 0 Å². The maximum Gasteiger partial charge on any atom is 0.339 e. The molecule has 0 aliphatic heterocycles. The molecule has 0 spiro atoms. The zero-order valence-electron chi connectivity index (χ0n) is 9.22. The summed E-state index contributed by atoms with van der Waals surface area (Å²) < 4.78 is 35.8. The van der Waals surface area contributed by atoms with Crippen molar-refractivity contribution >= 4 is 16.1 Å². The third-order valence-corrected chi connectivity index (χ3v) is 2.15. The number of hydrogen-bond acceptors (Lipinski definition) is 6. The lowest BCUT2D eigenvalue weighted by Gasteiger charge is -2.19. The summed E-state index contributed by atoms with van der Waals surface area (Å²) in [6.07, 6.45) is -1.09. The summed E-state index contributed by atoms with van der Waals surface area (Å²) in [6.45, 7) is 3.29. The Balaban J connectivity index is 4.66. The number of ether oxygens (including phenoxy) is 2. The first-order chi connectivity index (χ1) is 6.81. The van der Waals surface area contributed by atoms with Crippen molar-refractivity contribution in [3.05, 3.63) is 0 Å². The minimum Gasteiger partial charge on any atom is -0.464 e. The average molecular weight is 240 g/mol. The van der Waals surface area contributed by atoms with E-state index in [9.17, 15) is 13.2 Å². The fourth-order valence-electron chi connectivity index (χ4n) is 0.845. The van der Waals surface area contributed by atoms with Gasteiger partial charge in [-0.25, -0.2) is 4.79 Å². The molecule has 0 bridgehead atoms. The lowest BCUT2D eigenvalue weighted by Crippen LogP contribution is -2.38. The molecule has 0 radical (unpaired) electrons. The largest absolute Gasteiger partial charge is 0.464 e. The number of carbonyl (C=O) groups excluding carboxylic acids is 1. The summed E-state index contributed by atoms with van der Waals surface area (Å²) in [5.74, 6) is -0.753. The van der Waals surface area contributed by atoms with Gasteiger partial charge in [0.25, 0.3) is 10.1 Å². The quantitative estimate of drug-likeness (QED) is 0.477. The fraction of sp³-hybridized carbons (Fsp3) is 0.875. The highest BCUT2D eigenvalue weighted by atomic mass is 32.2. The topological polar surface area (TPSA) is 78.9 Å². The molecule has 0 aromatic heterocycles. The first-order valence-corrected chi connectivity index (χ1v) is 6.21. The molecule has 0 heterocycles. The lowest BCUT2D eigenvalue weighted by molar-refractivity contribution is -0.157. The Labute approximate surface area is 89.6 Å². The molecule has 15 heavy (non-hydrogen) atoms. The minimum atomic E-state index is -3.72. The Morgan fingerprint density at radius 1 is 1.40 bits per heavy atom. The number of rotatable bonds is 6. The SMILES string of the molecule is CCOC(=O)C(OS(C)(=O)=O)C(C)OC. The third-order valence-electron chi connectivity index (χ3n) is 1.60. The molecule has 0 aliphatic carbocycles. The van der Waals surface area contributed by atoms with Crippen molar-refractivity contribution in [2.24, 2.45) is 0 Å². The molecular formula is C8H16O6S. The third kappa shape index (κ3) is 5.71. The van der Waals surface area contributed by atoms with Crippen LogP contribution in [0.2, 0.25) is 0 Å². The van der Waals surface area contributed by atoms with Gasteiger partial charge in [-0.2, -0.15) is 8.42 Å². The molecular weight excluding hydrogens is 224 g/mol. The van der Waals surface area contributed by atoms with Crippen LogP contribution in [-0.4, -0.2) is 46.6 Å². The minimum absolute atomic E-state index is 0.152. The zero-order chi connectivity index (χ0) is 12.1. The van der Waals surface area contributed by atoms with Crippen LogP contribution in [0, 0.1) is 0 Å². The van der Waals surface area contributed by atoms with E-state index in [-0.39, 0.29) is 6.61 Å². The Morgan fingerprint density at radius 2 is 1.93 bits per heavy atom. The molecule has 90 valence electrons. The van der Waals surface area contributed by atoms with Crippen LogP contribution in [0.25, 0.3) is 0 Å². The van der Waals surface area contributed by atoms with Gasteiger partial charge in [-0.15, -0.1) is 0 Å². The van der Waals surface area contributed by atoms with Gasteiger partial charge in [0.05, 0.1) is 19.0 Å².